The summed E-state index contributed by atoms with van der Waals surface area (Å²) < 4.78 is 10.4. The van der Waals surface area contributed by atoms with Crippen LogP contribution in [0.25, 0.3) is 0 Å². The largest absolute Gasteiger partial charge is 0.497 e. The highest BCUT2D eigenvalue weighted by Crippen LogP contribution is 2.45. The number of ether oxygens (including phenoxy) is 2. The van der Waals surface area contributed by atoms with Crippen molar-refractivity contribution in [3.05, 3.63) is 59.7 Å². The Kier molecular flexibility index (Phi) is 6.57. The predicted octanol–water partition coefficient (Wildman–Crippen LogP) is 3.78. The average Bonchev–Trinajstić information content (AvgIpc) is 3.57. The fourth-order valence-electron chi connectivity index (χ4n) is 3.57. The zero-order valence-corrected chi connectivity index (χ0v) is 16.8. The van der Waals surface area contributed by atoms with Gasteiger partial charge in [0.2, 0.25) is 5.91 Å². The Morgan fingerprint density at radius 1 is 1.07 bits per heavy atom. The SMILES string of the molecule is COc1ccc(C(CC(=O)N(C)CC(O)c2cccc(OC)c2)C2CC2)cc1. The highest BCUT2D eigenvalue weighted by Gasteiger charge is 2.34. The van der Waals surface area contributed by atoms with Gasteiger partial charge in [0.05, 0.1) is 26.9 Å². The van der Waals surface area contributed by atoms with Crippen LogP contribution in [0.1, 0.15) is 42.4 Å². The van der Waals surface area contributed by atoms with Crippen molar-refractivity contribution >= 4 is 5.91 Å². The van der Waals surface area contributed by atoms with Crippen molar-refractivity contribution in [2.45, 2.75) is 31.3 Å². The number of likely N-dealkylation sites (N-methyl/N-ethyl adjacent to an activating group) is 1. The number of aliphatic hydroxyl groups excluding tert-OH is 1. The summed E-state index contributed by atoms with van der Waals surface area (Å²) >= 11 is 0. The van der Waals surface area contributed by atoms with Gasteiger partial charge in [-0.05, 0) is 60.1 Å². The first-order valence-electron chi connectivity index (χ1n) is 9.71. The fraction of sp³-hybridized carbons (Fsp3) is 0.435. The third-order valence-electron chi connectivity index (χ3n) is 5.48. The minimum Gasteiger partial charge on any atom is -0.497 e. The summed E-state index contributed by atoms with van der Waals surface area (Å²) in [5.41, 5.74) is 1.92. The molecule has 1 fully saturated rings. The van der Waals surface area contributed by atoms with E-state index in [2.05, 4.69) is 12.1 Å². The topological polar surface area (TPSA) is 59.0 Å². The minimum atomic E-state index is -0.746. The van der Waals surface area contributed by atoms with Gasteiger partial charge in [0.1, 0.15) is 11.5 Å². The molecule has 0 bridgehead atoms. The molecule has 0 aliphatic heterocycles. The van der Waals surface area contributed by atoms with Crippen LogP contribution in [0.4, 0.5) is 0 Å². The van der Waals surface area contributed by atoms with Gasteiger partial charge in [0.25, 0.3) is 0 Å². The standard InChI is InChI=1S/C23H29NO4/c1-24(15-22(25)18-5-4-6-20(13-18)28-3)23(26)14-21(16-7-8-16)17-9-11-19(27-2)12-10-17/h4-6,9-13,16,21-22,25H,7-8,14-15H2,1-3H3. The van der Waals surface area contributed by atoms with E-state index in [0.717, 1.165) is 11.3 Å². The maximum absolute atomic E-state index is 12.8. The highest BCUT2D eigenvalue weighted by molar-refractivity contribution is 5.77. The van der Waals surface area contributed by atoms with E-state index in [4.69, 9.17) is 9.47 Å². The Bertz CT molecular complexity index is 785. The third-order valence-corrected chi connectivity index (χ3v) is 5.48. The van der Waals surface area contributed by atoms with Crippen LogP contribution in [0.15, 0.2) is 48.5 Å². The van der Waals surface area contributed by atoms with E-state index in [0.29, 0.717) is 18.1 Å². The molecule has 1 aliphatic carbocycles. The van der Waals surface area contributed by atoms with Gasteiger partial charge >= 0.3 is 0 Å². The quantitative estimate of drug-likeness (QED) is 0.716. The van der Waals surface area contributed by atoms with Crippen LogP contribution >= 0.6 is 0 Å². The number of hydrogen-bond donors (Lipinski definition) is 1. The van der Waals surface area contributed by atoms with Gasteiger partial charge < -0.3 is 19.5 Å². The Hall–Kier alpha value is -2.53. The number of aliphatic hydroxyl groups is 1. The first-order valence-corrected chi connectivity index (χ1v) is 9.71. The van der Waals surface area contributed by atoms with Crippen LogP contribution in [0.5, 0.6) is 11.5 Å². The molecule has 28 heavy (non-hydrogen) atoms. The summed E-state index contributed by atoms with van der Waals surface area (Å²) in [6, 6.07) is 15.3. The Labute approximate surface area is 166 Å². The Morgan fingerprint density at radius 2 is 1.75 bits per heavy atom. The van der Waals surface area contributed by atoms with Crippen LogP contribution < -0.4 is 9.47 Å². The molecule has 1 N–H and O–H groups in total. The molecule has 2 aromatic carbocycles. The first-order chi connectivity index (χ1) is 13.5. The second-order valence-corrected chi connectivity index (χ2v) is 7.49. The predicted molar refractivity (Wildman–Crippen MR) is 109 cm³/mol. The molecule has 1 amide bonds. The molecule has 2 unspecified atom stereocenters. The molecular weight excluding hydrogens is 354 g/mol. The van der Waals surface area contributed by atoms with Gasteiger partial charge in [-0.3, -0.25) is 4.79 Å². The molecule has 0 radical (unpaired) electrons. The van der Waals surface area contributed by atoms with E-state index in [1.165, 1.54) is 18.4 Å². The zero-order valence-electron chi connectivity index (χ0n) is 16.8. The third kappa shape index (κ3) is 5.04. The van der Waals surface area contributed by atoms with Crippen LogP contribution in [0.3, 0.4) is 0 Å². The molecule has 0 spiro atoms. The lowest BCUT2D eigenvalue weighted by Gasteiger charge is -2.24. The maximum Gasteiger partial charge on any atom is 0.223 e. The molecular formula is C23H29NO4. The van der Waals surface area contributed by atoms with Gasteiger partial charge in [-0.25, -0.2) is 0 Å². The molecule has 150 valence electrons. The summed E-state index contributed by atoms with van der Waals surface area (Å²) in [7, 11) is 5.00. The van der Waals surface area contributed by atoms with E-state index in [1.807, 2.05) is 30.3 Å². The van der Waals surface area contributed by atoms with Crippen molar-refractivity contribution < 1.29 is 19.4 Å². The second kappa shape index (κ2) is 9.11. The molecule has 5 heteroatoms. The average molecular weight is 383 g/mol. The lowest BCUT2D eigenvalue weighted by Crippen LogP contribution is -2.32. The minimum absolute atomic E-state index is 0.0506. The van der Waals surface area contributed by atoms with Crippen LogP contribution in [0.2, 0.25) is 0 Å². The molecule has 5 nitrogen and oxygen atoms in total. The molecule has 0 saturated heterocycles. The van der Waals surface area contributed by atoms with Crippen LogP contribution in [0, 0.1) is 5.92 Å². The fourth-order valence-corrected chi connectivity index (χ4v) is 3.57. The first kappa shape index (κ1) is 20.2. The highest BCUT2D eigenvalue weighted by atomic mass is 16.5. The maximum atomic E-state index is 12.8. The number of amides is 1. The van der Waals surface area contributed by atoms with Crippen molar-refractivity contribution in [3.8, 4) is 11.5 Å². The number of carbonyl (C=O) groups excluding carboxylic acids is 1. The van der Waals surface area contributed by atoms with Gasteiger partial charge in [0, 0.05) is 13.5 Å². The Morgan fingerprint density at radius 3 is 2.36 bits per heavy atom. The summed E-state index contributed by atoms with van der Waals surface area (Å²) in [5.74, 6) is 2.35. The monoisotopic (exact) mass is 383 g/mol. The number of hydrogen-bond acceptors (Lipinski definition) is 4. The molecule has 2 aromatic rings. The van der Waals surface area contributed by atoms with Crippen molar-refractivity contribution in [1.82, 2.24) is 4.90 Å². The van der Waals surface area contributed by atoms with Gasteiger partial charge in [-0.1, -0.05) is 24.3 Å². The van der Waals surface area contributed by atoms with E-state index >= 15 is 0 Å². The second-order valence-electron chi connectivity index (χ2n) is 7.49. The number of benzene rings is 2. The smallest absolute Gasteiger partial charge is 0.223 e. The normalized spacial score (nSPS) is 15.6. The molecule has 1 saturated carbocycles. The van der Waals surface area contributed by atoms with Crippen LogP contribution in [-0.2, 0) is 4.79 Å². The number of rotatable bonds is 9. The number of nitrogens with zero attached hydrogens (tertiary/aromatic N) is 1. The van der Waals surface area contributed by atoms with E-state index in [9.17, 15) is 9.90 Å². The lowest BCUT2D eigenvalue weighted by atomic mass is 9.90. The van der Waals surface area contributed by atoms with Gasteiger partial charge in [0.15, 0.2) is 0 Å². The van der Waals surface area contributed by atoms with Gasteiger partial charge in [-0.15, -0.1) is 0 Å². The molecule has 1 aliphatic rings. The number of carbonyl (C=O) groups is 1. The lowest BCUT2D eigenvalue weighted by molar-refractivity contribution is -0.131. The summed E-state index contributed by atoms with van der Waals surface area (Å²) in [5, 5.41) is 10.5. The van der Waals surface area contributed by atoms with Crippen molar-refractivity contribution in [2.24, 2.45) is 5.92 Å². The zero-order chi connectivity index (χ0) is 20.1. The Balaban J connectivity index is 1.62. The molecule has 0 aromatic heterocycles. The van der Waals surface area contributed by atoms with Crippen molar-refractivity contribution in [2.75, 3.05) is 27.8 Å². The molecule has 0 heterocycles. The molecule has 2 atom stereocenters. The molecule has 3 rings (SSSR count). The summed E-state index contributed by atoms with van der Waals surface area (Å²) in [6.45, 7) is 0.256. The van der Waals surface area contributed by atoms with E-state index < -0.39 is 6.10 Å². The van der Waals surface area contributed by atoms with E-state index in [1.54, 1.807) is 32.2 Å². The van der Waals surface area contributed by atoms with Crippen LogP contribution in [-0.4, -0.2) is 43.7 Å². The van der Waals surface area contributed by atoms with E-state index in [-0.39, 0.29) is 18.4 Å². The number of methoxy groups -OCH3 is 2. The van der Waals surface area contributed by atoms with Gasteiger partial charge in [-0.2, -0.15) is 0 Å². The summed E-state index contributed by atoms with van der Waals surface area (Å²) in [6.07, 6.45) is 2.04. The summed E-state index contributed by atoms with van der Waals surface area (Å²) in [4.78, 5) is 14.5. The van der Waals surface area contributed by atoms with Crippen molar-refractivity contribution in [1.29, 1.82) is 0 Å². The van der Waals surface area contributed by atoms with Crippen molar-refractivity contribution in [3.63, 3.8) is 0 Å².